The minimum atomic E-state index is -4.74. The average Bonchev–Trinajstić information content (AvgIpc) is 4.00. The molecule has 3 fully saturated rings. The van der Waals surface area contributed by atoms with E-state index in [1.165, 1.54) is 4.90 Å². The molecule has 1 aromatic heterocycles. The SMILES string of the molecule is C.Cc1nc2ccccc2c2c1O[C@]1(CC2)C[C@H]2C(=O)C[C@]3(C(=O)NS(=O)(=O)C4(C)CC4)C[C@H]3/C=C\CCCCC[C@H](CC(=O)OCC(F)(F)F)C(=O)N2C1. The Labute approximate surface area is 319 Å². The minimum absolute atomic E-state index is 0. The first-order valence-electron chi connectivity index (χ1n) is 18.8. The number of rotatable bonds is 6. The lowest BCUT2D eigenvalue weighted by Gasteiger charge is -2.36. The van der Waals surface area contributed by atoms with E-state index in [2.05, 4.69) is 9.46 Å². The van der Waals surface area contributed by atoms with Crippen LogP contribution in [0.3, 0.4) is 0 Å². The van der Waals surface area contributed by atoms with E-state index in [0.717, 1.165) is 16.5 Å². The quantitative estimate of drug-likeness (QED) is 0.258. The number of carbonyl (C=O) groups excluding carboxylic acids is 4. The summed E-state index contributed by atoms with van der Waals surface area (Å²) in [7, 11) is -4.00. The lowest BCUT2D eigenvalue weighted by atomic mass is 9.85. The van der Waals surface area contributed by atoms with Crippen molar-refractivity contribution < 1.29 is 50.2 Å². The van der Waals surface area contributed by atoms with Gasteiger partial charge in [0, 0.05) is 29.7 Å². The third-order valence-corrected chi connectivity index (χ3v) is 14.3. The zero-order valence-electron chi connectivity index (χ0n) is 30.5. The number of carbonyl (C=O) groups is 4. The summed E-state index contributed by atoms with van der Waals surface area (Å²) in [6, 6.07) is 6.59. The number of fused-ring (bicyclic) bond motifs is 5. The highest BCUT2D eigenvalue weighted by Crippen LogP contribution is 2.58. The topological polar surface area (TPSA) is 149 Å². The normalized spacial score (nSPS) is 29.7. The number of hydrogen-bond donors (Lipinski definition) is 1. The Bertz CT molecular complexity index is 2020. The van der Waals surface area contributed by atoms with Gasteiger partial charge in [-0.2, -0.15) is 13.2 Å². The van der Waals surface area contributed by atoms with Crippen LogP contribution in [0.5, 0.6) is 5.75 Å². The molecule has 11 nitrogen and oxygen atoms in total. The molecule has 3 aliphatic heterocycles. The van der Waals surface area contributed by atoms with Gasteiger partial charge < -0.3 is 14.4 Å². The van der Waals surface area contributed by atoms with Gasteiger partial charge in [0.05, 0.1) is 40.4 Å². The summed E-state index contributed by atoms with van der Waals surface area (Å²) in [6.45, 7) is 1.60. The highest BCUT2D eigenvalue weighted by molar-refractivity contribution is 7.91. The molecule has 55 heavy (non-hydrogen) atoms. The predicted octanol–water partition coefficient (Wildman–Crippen LogP) is 6.44. The third kappa shape index (κ3) is 8.13. The van der Waals surface area contributed by atoms with Crippen molar-refractivity contribution >= 4 is 44.5 Å². The Balaban J connectivity index is 0.00000514. The van der Waals surface area contributed by atoms with Crippen LogP contribution in [0.25, 0.3) is 10.9 Å². The van der Waals surface area contributed by atoms with Crippen LogP contribution >= 0.6 is 0 Å². The zero-order valence-corrected chi connectivity index (χ0v) is 31.3. The first-order valence-corrected chi connectivity index (χ1v) is 20.3. The maximum absolute atomic E-state index is 14.6. The van der Waals surface area contributed by atoms with Crippen molar-refractivity contribution in [1.82, 2.24) is 14.6 Å². The van der Waals surface area contributed by atoms with E-state index in [1.807, 2.05) is 43.3 Å². The lowest BCUT2D eigenvalue weighted by Crippen LogP contribution is -2.48. The van der Waals surface area contributed by atoms with Gasteiger partial charge in [-0.05, 0) is 77.2 Å². The molecule has 0 unspecified atom stereocenters. The van der Waals surface area contributed by atoms with Crippen LogP contribution in [0.4, 0.5) is 13.2 Å². The van der Waals surface area contributed by atoms with E-state index in [-0.39, 0.29) is 45.6 Å². The number of benzene rings is 1. The summed E-state index contributed by atoms with van der Waals surface area (Å²) in [5.74, 6) is -3.80. The van der Waals surface area contributed by atoms with Crippen LogP contribution in [-0.4, -0.2) is 77.6 Å². The number of esters is 1. The molecule has 2 amide bonds. The molecule has 0 radical (unpaired) electrons. The molecule has 4 heterocycles. The first-order chi connectivity index (χ1) is 25.4. The fourth-order valence-electron chi connectivity index (χ4n) is 8.54. The number of ketones is 1. The van der Waals surface area contributed by atoms with Crippen molar-refractivity contribution in [3.05, 3.63) is 47.7 Å². The predicted molar refractivity (Wildman–Crippen MR) is 197 cm³/mol. The smallest absolute Gasteiger partial charge is 0.422 e. The van der Waals surface area contributed by atoms with Gasteiger partial charge in [0.15, 0.2) is 12.4 Å². The number of pyridine rings is 1. The highest BCUT2D eigenvalue weighted by Gasteiger charge is 2.63. The van der Waals surface area contributed by atoms with E-state index in [4.69, 9.17) is 9.72 Å². The maximum Gasteiger partial charge on any atom is 0.422 e. The van der Waals surface area contributed by atoms with Gasteiger partial charge in [0.2, 0.25) is 21.8 Å². The Morgan fingerprint density at radius 2 is 1.84 bits per heavy atom. The molecule has 2 saturated carbocycles. The molecular formula is C40H50F3N3O8S. The average molecular weight is 790 g/mol. The van der Waals surface area contributed by atoms with Crippen molar-refractivity contribution in [3.63, 3.8) is 0 Å². The van der Waals surface area contributed by atoms with Crippen LogP contribution in [0, 0.1) is 24.2 Å². The Morgan fingerprint density at radius 3 is 2.56 bits per heavy atom. The molecule has 1 spiro atoms. The Hall–Kier alpha value is -4.01. The molecule has 1 N–H and O–H groups in total. The molecule has 7 rings (SSSR count). The molecule has 5 aliphatic rings. The number of Topliss-reactive ketones (excluding diaryl/α,β-unsaturated/α-hetero) is 1. The van der Waals surface area contributed by atoms with Crippen LogP contribution in [0.2, 0.25) is 0 Å². The van der Waals surface area contributed by atoms with E-state index in [1.54, 1.807) is 6.92 Å². The summed E-state index contributed by atoms with van der Waals surface area (Å²) in [4.78, 5) is 62.0. The number of allylic oxidation sites excluding steroid dienone is 2. The fourth-order valence-corrected chi connectivity index (χ4v) is 9.87. The second-order valence-corrected chi connectivity index (χ2v) is 18.4. The van der Waals surface area contributed by atoms with Crippen molar-refractivity contribution in [2.24, 2.45) is 17.3 Å². The summed E-state index contributed by atoms with van der Waals surface area (Å²) >= 11 is 0. The van der Waals surface area contributed by atoms with E-state index >= 15 is 0 Å². The van der Waals surface area contributed by atoms with Gasteiger partial charge in [-0.1, -0.05) is 50.6 Å². The van der Waals surface area contributed by atoms with Crippen molar-refractivity contribution in [3.8, 4) is 5.75 Å². The van der Waals surface area contributed by atoms with Gasteiger partial charge in [-0.15, -0.1) is 0 Å². The number of hydrogen-bond acceptors (Lipinski definition) is 9. The molecule has 15 heteroatoms. The summed E-state index contributed by atoms with van der Waals surface area (Å²) < 4.78 is 77.6. The molecule has 300 valence electrons. The highest BCUT2D eigenvalue weighted by atomic mass is 32.2. The second kappa shape index (κ2) is 14.8. The van der Waals surface area contributed by atoms with Gasteiger partial charge >= 0.3 is 12.1 Å². The number of alkyl halides is 3. The standard InChI is InChI=1S/C39H46F3N3O8S.CH4/c1-24-33-28(27-12-8-9-13-29(27)43-24)14-15-37(53-33)20-30-31(46)21-38(35(49)44-54(50,51)36(2)16-17-36)19-26(38)11-7-5-3-4-6-10-25(34(48)45(30)22-37)18-32(47)52-23-39(40,41)42;/h7-9,11-13,25-26,30H,3-6,10,14-23H2,1-2H3,(H,44,49);1H4/b11-7-;/t25-,26-,30+,37-,38-;/m1./s1. The molecule has 5 atom stereocenters. The van der Waals surface area contributed by atoms with Crippen molar-refractivity contribution in [2.75, 3.05) is 13.2 Å². The Morgan fingerprint density at radius 1 is 1.09 bits per heavy atom. The first kappa shape index (κ1) is 40.6. The largest absolute Gasteiger partial charge is 0.483 e. The zero-order chi connectivity index (χ0) is 38.7. The van der Waals surface area contributed by atoms with Gasteiger partial charge in [-0.25, -0.2) is 13.4 Å². The number of aryl methyl sites for hydroxylation is 2. The summed E-state index contributed by atoms with van der Waals surface area (Å²) in [5.41, 5.74) is 0.0464. The molecule has 0 bridgehead atoms. The molecule has 2 aliphatic carbocycles. The van der Waals surface area contributed by atoms with Gasteiger partial charge in [0.25, 0.3) is 0 Å². The van der Waals surface area contributed by atoms with Crippen LogP contribution in [0.15, 0.2) is 36.4 Å². The molecule has 1 saturated heterocycles. The summed E-state index contributed by atoms with van der Waals surface area (Å²) in [5, 5.41) is 0.932. The third-order valence-electron chi connectivity index (χ3n) is 12.2. The number of sulfonamides is 1. The van der Waals surface area contributed by atoms with Crippen LogP contribution < -0.4 is 9.46 Å². The number of nitrogens with one attached hydrogen (secondary N) is 1. The number of halogens is 3. The number of ether oxygens (including phenoxy) is 2. The molecular weight excluding hydrogens is 740 g/mol. The number of aromatic nitrogens is 1. The van der Waals surface area contributed by atoms with Crippen molar-refractivity contribution in [1.29, 1.82) is 0 Å². The number of amides is 2. The fraction of sp³-hybridized carbons (Fsp3) is 0.625. The van der Waals surface area contributed by atoms with E-state index < -0.39 is 80.5 Å². The molecule has 2 aromatic rings. The van der Waals surface area contributed by atoms with E-state index in [0.29, 0.717) is 62.8 Å². The van der Waals surface area contributed by atoms with Gasteiger partial charge in [-0.3, -0.25) is 23.9 Å². The number of nitrogens with zero attached hydrogens (tertiary/aromatic N) is 2. The monoisotopic (exact) mass is 789 g/mol. The van der Waals surface area contributed by atoms with Crippen molar-refractivity contribution in [2.45, 2.75) is 127 Å². The Kier molecular flexibility index (Phi) is 10.9. The lowest BCUT2D eigenvalue weighted by molar-refractivity contribution is -0.187. The van der Waals surface area contributed by atoms with Crippen LogP contribution in [0.1, 0.15) is 103 Å². The molecule has 1 aromatic carbocycles. The number of para-hydroxylation sites is 1. The maximum atomic E-state index is 14.6. The summed E-state index contributed by atoms with van der Waals surface area (Å²) in [6.07, 6.45) is 2.99. The van der Waals surface area contributed by atoms with Crippen LogP contribution in [-0.2, 0) is 40.4 Å². The second-order valence-electron chi connectivity index (χ2n) is 16.2. The van der Waals surface area contributed by atoms with Gasteiger partial charge in [0.1, 0.15) is 11.4 Å². The minimum Gasteiger partial charge on any atom is -0.483 e. The van der Waals surface area contributed by atoms with E-state index in [9.17, 15) is 40.8 Å².